The monoisotopic (exact) mass is 284 g/mol. The van der Waals surface area contributed by atoms with Crippen molar-refractivity contribution in [3.63, 3.8) is 0 Å². The average Bonchev–Trinajstić information content (AvgIpc) is 2.42. The summed E-state index contributed by atoms with van der Waals surface area (Å²) in [4.78, 5) is 2.28. The van der Waals surface area contributed by atoms with Crippen molar-refractivity contribution in [2.24, 2.45) is 0 Å². The largest absolute Gasteiger partial charge is 0.371 e. The molecule has 0 bridgehead atoms. The number of anilines is 1. The van der Waals surface area contributed by atoms with Gasteiger partial charge in [-0.25, -0.2) is 4.39 Å². The lowest BCUT2D eigenvalue weighted by molar-refractivity contribution is 0.618. The molecule has 0 saturated heterocycles. The highest BCUT2D eigenvalue weighted by Crippen LogP contribution is 2.24. The van der Waals surface area contributed by atoms with Gasteiger partial charge in [0.2, 0.25) is 0 Å². The SMILES string of the molecule is CCNCc1cc(F)ccc1N(C)C(CC)CSC. The van der Waals surface area contributed by atoms with Crippen LogP contribution in [0.25, 0.3) is 0 Å². The van der Waals surface area contributed by atoms with Crippen molar-refractivity contribution < 1.29 is 4.39 Å². The van der Waals surface area contributed by atoms with Gasteiger partial charge < -0.3 is 10.2 Å². The normalized spacial score (nSPS) is 12.5. The van der Waals surface area contributed by atoms with E-state index in [1.165, 1.54) is 0 Å². The first kappa shape index (κ1) is 16.3. The van der Waals surface area contributed by atoms with Crippen LogP contribution < -0.4 is 10.2 Å². The van der Waals surface area contributed by atoms with Crippen molar-refractivity contribution in [3.05, 3.63) is 29.6 Å². The summed E-state index contributed by atoms with van der Waals surface area (Å²) in [6, 6.07) is 5.57. The highest BCUT2D eigenvalue weighted by molar-refractivity contribution is 7.98. The number of hydrogen-bond acceptors (Lipinski definition) is 3. The number of nitrogens with zero attached hydrogens (tertiary/aromatic N) is 1. The van der Waals surface area contributed by atoms with Gasteiger partial charge in [0.05, 0.1) is 0 Å². The molecule has 0 spiro atoms. The fourth-order valence-electron chi connectivity index (χ4n) is 2.19. The summed E-state index contributed by atoms with van der Waals surface area (Å²) in [6.07, 6.45) is 3.22. The molecule has 1 atom stereocenters. The van der Waals surface area contributed by atoms with E-state index in [0.29, 0.717) is 12.6 Å². The van der Waals surface area contributed by atoms with Crippen LogP contribution in [0.3, 0.4) is 0 Å². The van der Waals surface area contributed by atoms with Crippen LogP contribution in [0.2, 0.25) is 0 Å². The number of nitrogens with one attached hydrogen (secondary N) is 1. The summed E-state index contributed by atoms with van der Waals surface area (Å²) in [7, 11) is 2.10. The van der Waals surface area contributed by atoms with Crippen LogP contribution in [0, 0.1) is 5.82 Å². The van der Waals surface area contributed by atoms with E-state index < -0.39 is 0 Å². The Balaban J connectivity index is 2.96. The Bertz CT molecular complexity index is 384. The van der Waals surface area contributed by atoms with Gasteiger partial charge in [-0.1, -0.05) is 13.8 Å². The maximum atomic E-state index is 13.4. The molecule has 1 unspecified atom stereocenters. The Labute approximate surface area is 120 Å². The summed E-state index contributed by atoms with van der Waals surface area (Å²) < 4.78 is 13.4. The minimum atomic E-state index is -0.164. The van der Waals surface area contributed by atoms with Crippen LogP contribution in [0.4, 0.5) is 10.1 Å². The Morgan fingerprint density at radius 2 is 2.11 bits per heavy atom. The molecule has 0 aliphatic carbocycles. The summed E-state index contributed by atoms with van der Waals surface area (Å²) >= 11 is 1.85. The van der Waals surface area contributed by atoms with Crippen molar-refractivity contribution in [1.82, 2.24) is 5.32 Å². The van der Waals surface area contributed by atoms with E-state index in [1.54, 1.807) is 12.1 Å². The van der Waals surface area contributed by atoms with E-state index in [4.69, 9.17) is 0 Å². The van der Waals surface area contributed by atoms with Crippen LogP contribution in [0.15, 0.2) is 18.2 Å². The van der Waals surface area contributed by atoms with Gasteiger partial charge in [-0.3, -0.25) is 0 Å². The van der Waals surface area contributed by atoms with E-state index in [2.05, 4.69) is 37.4 Å². The first-order valence-electron chi connectivity index (χ1n) is 6.84. The summed E-state index contributed by atoms with van der Waals surface area (Å²) in [5.74, 6) is 0.924. The van der Waals surface area contributed by atoms with Gasteiger partial charge in [-0.2, -0.15) is 11.8 Å². The molecule has 0 aliphatic heterocycles. The smallest absolute Gasteiger partial charge is 0.123 e. The predicted molar refractivity (Wildman–Crippen MR) is 84.6 cm³/mol. The number of thioether (sulfide) groups is 1. The van der Waals surface area contributed by atoms with Gasteiger partial charge in [0.25, 0.3) is 0 Å². The second-order valence-electron chi connectivity index (χ2n) is 4.68. The molecule has 0 heterocycles. The molecule has 19 heavy (non-hydrogen) atoms. The highest BCUT2D eigenvalue weighted by atomic mass is 32.2. The van der Waals surface area contributed by atoms with Crippen LogP contribution >= 0.6 is 11.8 Å². The van der Waals surface area contributed by atoms with E-state index in [-0.39, 0.29) is 5.82 Å². The maximum Gasteiger partial charge on any atom is 0.123 e. The first-order valence-corrected chi connectivity index (χ1v) is 8.24. The quantitative estimate of drug-likeness (QED) is 0.786. The van der Waals surface area contributed by atoms with E-state index in [9.17, 15) is 4.39 Å². The number of benzene rings is 1. The van der Waals surface area contributed by atoms with Gasteiger partial charge in [0.1, 0.15) is 5.82 Å². The lowest BCUT2D eigenvalue weighted by Gasteiger charge is -2.30. The molecule has 0 aliphatic rings. The molecule has 0 radical (unpaired) electrons. The third-order valence-corrected chi connectivity index (χ3v) is 4.08. The second kappa shape index (κ2) is 8.43. The molecule has 2 nitrogen and oxygen atoms in total. The van der Waals surface area contributed by atoms with E-state index in [0.717, 1.165) is 30.0 Å². The first-order chi connectivity index (χ1) is 9.13. The lowest BCUT2D eigenvalue weighted by Crippen LogP contribution is -2.34. The van der Waals surface area contributed by atoms with Gasteiger partial charge in [-0.05, 0) is 43.0 Å². The molecule has 1 rings (SSSR count). The molecule has 1 aromatic carbocycles. The summed E-state index contributed by atoms with van der Waals surface area (Å²) in [5.41, 5.74) is 2.16. The molecule has 1 aromatic rings. The fraction of sp³-hybridized carbons (Fsp3) is 0.600. The van der Waals surface area contributed by atoms with Crippen molar-refractivity contribution in [1.29, 1.82) is 0 Å². The van der Waals surface area contributed by atoms with Crippen LogP contribution in [0.1, 0.15) is 25.8 Å². The minimum absolute atomic E-state index is 0.164. The number of rotatable bonds is 8. The van der Waals surface area contributed by atoms with E-state index in [1.807, 2.05) is 17.8 Å². The topological polar surface area (TPSA) is 15.3 Å². The zero-order valence-electron chi connectivity index (χ0n) is 12.4. The molecule has 0 aromatic heterocycles. The minimum Gasteiger partial charge on any atom is -0.371 e. The Morgan fingerprint density at radius 1 is 1.37 bits per heavy atom. The fourth-order valence-corrected chi connectivity index (χ4v) is 3.04. The summed E-state index contributed by atoms with van der Waals surface area (Å²) in [5, 5.41) is 3.28. The second-order valence-corrected chi connectivity index (χ2v) is 5.59. The average molecular weight is 284 g/mol. The van der Waals surface area contributed by atoms with Crippen molar-refractivity contribution in [2.75, 3.05) is 30.5 Å². The number of halogens is 1. The highest BCUT2D eigenvalue weighted by Gasteiger charge is 2.16. The molecule has 108 valence electrons. The number of hydrogen-bond donors (Lipinski definition) is 1. The van der Waals surface area contributed by atoms with Crippen molar-refractivity contribution in [3.8, 4) is 0 Å². The third-order valence-electron chi connectivity index (χ3n) is 3.37. The standard InChI is InChI=1S/C15H25FN2S/c1-5-14(11-19-4)18(3)15-8-7-13(16)9-12(15)10-17-6-2/h7-9,14,17H,5-6,10-11H2,1-4H3. The Kier molecular flexibility index (Phi) is 7.24. The molecule has 4 heteroatoms. The molecular formula is C15H25FN2S. The van der Waals surface area contributed by atoms with Crippen molar-refractivity contribution in [2.45, 2.75) is 32.9 Å². The van der Waals surface area contributed by atoms with Gasteiger partial charge >= 0.3 is 0 Å². The zero-order valence-corrected chi connectivity index (χ0v) is 13.2. The lowest BCUT2D eigenvalue weighted by atomic mass is 10.1. The molecule has 0 saturated carbocycles. The zero-order chi connectivity index (χ0) is 14.3. The Hall–Kier alpha value is -0.740. The third kappa shape index (κ3) is 4.69. The molecule has 1 N–H and O–H groups in total. The van der Waals surface area contributed by atoms with Crippen molar-refractivity contribution >= 4 is 17.4 Å². The summed E-state index contributed by atoms with van der Waals surface area (Å²) in [6.45, 7) is 5.86. The van der Waals surface area contributed by atoms with Crippen LogP contribution in [-0.4, -0.2) is 31.6 Å². The van der Waals surface area contributed by atoms with E-state index >= 15 is 0 Å². The van der Waals surface area contributed by atoms with Gasteiger partial charge in [0, 0.05) is 31.1 Å². The maximum absolute atomic E-state index is 13.4. The predicted octanol–water partition coefficient (Wildman–Crippen LogP) is 3.51. The molecular weight excluding hydrogens is 259 g/mol. The molecule has 0 amide bonds. The van der Waals surface area contributed by atoms with Crippen LogP contribution in [-0.2, 0) is 6.54 Å². The molecule has 0 fully saturated rings. The Morgan fingerprint density at radius 3 is 2.68 bits per heavy atom. The van der Waals surface area contributed by atoms with Crippen LogP contribution in [0.5, 0.6) is 0 Å². The van der Waals surface area contributed by atoms with Gasteiger partial charge in [0.15, 0.2) is 0 Å². The van der Waals surface area contributed by atoms with Gasteiger partial charge in [-0.15, -0.1) is 0 Å².